The molecule has 5 nitrogen and oxygen atoms in total. The molecule has 1 N–H and O–H groups in total. The highest BCUT2D eigenvalue weighted by Crippen LogP contribution is 2.33. The van der Waals surface area contributed by atoms with Crippen LogP contribution in [0.25, 0.3) is 5.69 Å². The number of aromatic nitrogens is 2. The maximum Gasteiger partial charge on any atom is 0.435 e. The van der Waals surface area contributed by atoms with Crippen LogP contribution in [0, 0.1) is 11.6 Å². The van der Waals surface area contributed by atoms with E-state index >= 15 is 0 Å². The molecule has 3 rings (SSSR count). The van der Waals surface area contributed by atoms with Crippen LogP contribution in [0.3, 0.4) is 0 Å². The maximum absolute atomic E-state index is 13.8. The van der Waals surface area contributed by atoms with Gasteiger partial charge in [0.2, 0.25) is 5.88 Å². The van der Waals surface area contributed by atoms with Gasteiger partial charge in [0.15, 0.2) is 18.1 Å². The van der Waals surface area contributed by atoms with Crippen LogP contribution in [0.5, 0.6) is 5.88 Å². The highest BCUT2D eigenvalue weighted by molar-refractivity contribution is 9.10. The van der Waals surface area contributed by atoms with Gasteiger partial charge < -0.3 is 10.1 Å². The summed E-state index contributed by atoms with van der Waals surface area (Å²) in [4.78, 5) is 12.1. The molecule has 1 aromatic heterocycles. The molecule has 1 heterocycles. The van der Waals surface area contributed by atoms with Crippen molar-refractivity contribution in [1.82, 2.24) is 9.78 Å². The van der Waals surface area contributed by atoms with Crippen LogP contribution in [-0.4, -0.2) is 22.3 Å². The summed E-state index contributed by atoms with van der Waals surface area (Å²) in [5.74, 6) is -3.22. The number of anilines is 1. The quantitative estimate of drug-likeness (QED) is 0.455. The Labute approximate surface area is 179 Å². The summed E-state index contributed by atoms with van der Waals surface area (Å²) in [5.41, 5.74) is -1.51. The van der Waals surface area contributed by atoms with E-state index < -0.39 is 41.9 Å². The smallest absolute Gasteiger partial charge is 0.435 e. The molecule has 0 atom stereocenters. The summed E-state index contributed by atoms with van der Waals surface area (Å²) in [6, 6.07) is 8.05. The molecule has 0 unspecified atom stereocenters. The van der Waals surface area contributed by atoms with Crippen molar-refractivity contribution in [2.75, 3.05) is 11.9 Å². The van der Waals surface area contributed by atoms with Crippen molar-refractivity contribution < 1.29 is 31.5 Å². The van der Waals surface area contributed by atoms with Crippen LogP contribution < -0.4 is 10.1 Å². The normalized spacial score (nSPS) is 11.4. The Hall–Kier alpha value is -2.66. The zero-order chi connectivity index (χ0) is 22.1. The number of amides is 1. The second-order valence-electron chi connectivity index (χ2n) is 5.81. The Kier molecular flexibility index (Phi) is 6.32. The van der Waals surface area contributed by atoms with Gasteiger partial charge in [-0.05, 0) is 34.1 Å². The van der Waals surface area contributed by atoms with Gasteiger partial charge >= 0.3 is 6.18 Å². The minimum absolute atomic E-state index is 0.0613. The molecule has 0 saturated carbocycles. The van der Waals surface area contributed by atoms with Crippen LogP contribution in [0.15, 0.2) is 46.9 Å². The van der Waals surface area contributed by atoms with Crippen molar-refractivity contribution >= 4 is 39.1 Å². The van der Waals surface area contributed by atoms with E-state index in [1.165, 1.54) is 18.2 Å². The first-order chi connectivity index (χ1) is 14.1. The van der Waals surface area contributed by atoms with E-state index in [-0.39, 0.29) is 20.9 Å². The average molecular weight is 511 g/mol. The summed E-state index contributed by atoms with van der Waals surface area (Å²) >= 11 is 8.93. The zero-order valence-electron chi connectivity index (χ0n) is 14.6. The number of hydrogen-bond donors (Lipinski definition) is 1. The van der Waals surface area contributed by atoms with Crippen LogP contribution in [-0.2, 0) is 11.0 Å². The number of carbonyl (C=O) groups is 1. The standard InChI is InChI=1S/C18H10BrClF5N3O2/c19-10-5-9(21)6-12(22)17(10)26-15(29)8-30-16-7-14(18(23,24)25)27-28(16)13-4-2-1-3-11(13)20/h1-7H,8H2,(H,26,29). The molecule has 0 saturated heterocycles. The fourth-order valence-corrected chi connectivity index (χ4v) is 3.10. The Morgan fingerprint density at radius 2 is 1.90 bits per heavy atom. The summed E-state index contributed by atoms with van der Waals surface area (Å²) in [6.07, 6.45) is -4.77. The third-order valence-electron chi connectivity index (χ3n) is 3.67. The first kappa shape index (κ1) is 22.0. The third-order valence-corrected chi connectivity index (χ3v) is 4.62. The van der Waals surface area contributed by atoms with Gasteiger partial charge in [-0.15, -0.1) is 0 Å². The van der Waals surface area contributed by atoms with Crippen molar-refractivity contribution in [2.45, 2.75) is 6.18 Å². The molecule has 3 aromatic rings. The number of para-hydroxylation sites is 1. The number of halogens is 7. The molecule has 158 valence electrons. The van der Waals surface area contributed by atoms with Crippen molar-refractivity contribution in [3.63, 3.8) is 0 Å². The topological polar surface area (TPSA) is 56.1 Å². The molecule has 30 heavy (non-hydrogen) atoms. The lowest BCUT2D eigenvalue weighted by Crippen LogP contribution is -2.22. The van der Waals surface area contributed by atoms with Gasteiger partial charge in [-0.2, -0.15) is 23.0 Å². The number of hydrogen-bond acceptors (Lipinski definition) is 3. The monoisotopic (exact) mass is 509 g/mol. The molecule has 0 bridgehead atoms. The first-order valence-electron chi connectivity index (χ1n) is 8.05. The maximum atomic E-state index is 13.8. The fourth-order valence-electron chi connectivity index (χ4n) is 2.38. The molecule has 0 fully saturated rings. The number of alkyl halides is 3. The lowest BCUT2D eigenvalue weighted by atomic mass is 10.3. The van der Waals surface area contributed by atoms with Crippen molar-refractivity contribution in [2.24, 2.45) is 0 Å². The Morgan fingerprint density at radius 1 is 1.20 bits per heavy atom. The predicted octanol–water partition coefficient (Wildman–Crippen LogP) is 5.60. The second-order valence-corrected chi connectivity index (χ2v) is 7.07. The number of nitrogens with one attached hydrogen (secondary N) is 1. The van der Waals surface area contributed by atoms with E-state index in [0.717, 1.165) is 10.7 Å². The SMILES string of the molecule is O=C(COc1cc(C(F)(F)F)nn1-c1ccccc1Cl)Nc1c(F)cc(F)cc1Br. The molecule has 0 radical (unpaired) electrons. The fraction of sp³-hybridized carbons (Fsp3) is 0.111. The third kappa shape index (κ3) is 4.90. The minimum atomic E-state index is -4.77. The summed E-state index contributed by atoms with van der Waals surface area (Å²) < 4.78 is 72.1. The van der Waals surface area contributed by atoms with Crippen molar-refractivity contribution in [1.29, 1.82) is 0 Å². The molecule has 0 aliphatic rings. The Bertz CT molecular complexity index is 1080. The van der Waals surface area contributed by atoms with E-state index in [1.807, 2.05) is 0 Å². The van der Waals surface area contributed by atoms with Gasteiger partial charge in [0.1, 0.15) is 5.82 Å². The van der Waals surface area contributed by atoms with Gasteiger partial charge in [0.05, 0.1) is 16.4 Å². The number of ether oxygens (including phenoxy) is 1. The molecule has 2 aromatic carbocycles. The van der Waals surface area contributed by atoms with Crippen molar-refractivity contribution in [3.8, 4) is 11.6 Å². The minimum Gasteiger partial charge on any atom is -0.467 e. The number of rotatable bonds is 5. The molecular formula is C18H10BrClF5N3O2. The van der Waals surface area contributed by atoms with Crippen molar-refractivity contribution in [3.05, 3.63) is 69.3 Å². The lowest BCUT2D eigenvalue weighted by molar-refractivity contribution is -0.141. The highest BCUT2D eigenvalue weighted by Gasteiger charge is 2.36. The zero-order valence-corrected chi connectivity index (χ0v) is 16.9. The van der Waals surface area contributed by atoms with Crippen LogP contribution in [0.4, 0.5) is 27.6 Å². The summed E-state index contributed by atoms with van der Waals surface area (Å²) in [5, 5.41) is 5.71. The van der Waals surface area contributed by atoms with Crippen LogP contribution in [0.2, 0.25) is 5.02 Å². The second kappa shape index (κ2) is 8.60. The molecule has 1 amide bonds. The summed E-state index contributed by atoms with van der Waals surface area (Å²) in [6.45, 7) is -0.781. The van der Waals surface area contributed by atoms with Gasteiger partial charge in [-0.1, -0.05) is 23.7 Å². The van der Waals surface area contributed by atoms with Gasteiger partial charge in [0.25, 0.3) is 5.91 Å². The number of benzene rings is 2. The molecule has 0 spiro atoms. The van der Waals surface area contributed by atoms with Crippen LogP contribution in [0.1, 0.15) is 5.69 Å². The number of nitrogens with zero attached hydrogens (tertiary/aromatic N) is 2. The van der Waals surface area contributed by atoms with E-state index in [1.54, 1.807) is 6.07 Å². The van der Waals surface area contributed by atoms with Gasteiger partial charge in [0, 0.05) is 16.6 Å². The average Bonchev–Trinajstić information content (AvgIpc) is 3.08. The first-order valence-corrected chi connectivity index (χ1v) is 9.22. The van der Waals surface area contributed by atoms with Gasteiger partial charge in [-0.25, -0.2) is 8.78 Å². The largest absolute Gasteiger partial charge is 0.467 e. The predicted molar refractivity (Wildman–Crippen MR) is 102 cm³/mol. The molecule has 12 heteroatoms. The molecule has 0 aliphatic heterocycles. The summed E-state index contributed by atoms with van der Waals surface area (Å²) in [7, 11) is 0. The highest BCUT2D eigenvalue weighted by atomic mass is 79.9. The Morgan fingerprint density at radius 3 is 2.53 bits per heavy atom. The van der Waals surface area contributed by atoms with Crippen LogP contribution >= 0.6 is 27.5 Å². The number of carbonyl (C=O) groups excluding carboxylic acids is 1. The molecular weight excluding hydrogens is 501 g/mol. The molecule has 0 aliphatic carbocycles. The van der Waals surface area contributed by atoms with Gasteiger partial charge in [-0.3, -0.25) is 4.79 Å². The van der Waals surface area contributed by atoms with E-state index in [9.17, 15) is 26.7 Å². The Balaban J connectivity index is 1.83. The van der Waals surface area contributed by atoms with E-state index in [2.05, 4.69) is 26.3 Å². The lowest BCUT2D eigenvalue weighted by Gasteiger charge is -2.11. The van der Waals surface area contributed by atoms with E-state index in [4.69, 9.17) is 16.3 Å². The van der Waals surface area contributed by atoms with E-state index in [0.29, 0.717) is 12.1 Å².